The molecule has 0 radical (unpaired) electrons. The lowest BCUT2D eigenvalue weighted by Crippen LogP contribution is -2.23. The summed E-state index contributed by atoms with van der Waals surface area (Å²) in [5, 5.41) is 4.52. The molecule has 1 amide bonds. The summed E-state index contributed by atoms with van der Waals surface area (Å²) >= 11 is 1.49. The van der Waals surface area contributed by atoms with Crippen LogP contribution in [0.1, 0.15) is 16.1 Å². The standard InChI is InChI=1S/C13H9F2N3OS/c14-10-2-1-8(5-11(10)15)12(19)16-6-9-7-18-3-4-20-13(18)17-9/h1-5,7H,6H2,(H,16,19). The van der Waals surface area contributed by atoms with Gasteiger partial charge in [-0.1, -0.05) is 0 Å². The quantitative estimate of drug-likeness (QED) is 0.807. The molecular formula is C13H9F2N3OS. The van der Waals surface area contributed by atoms with Crippen molar-refractivity contribution in [1.82, 2.24) is 14.7 Å². The van der Waals surface area contributed by atoms with Crippen molar-refractivity contribution in [2.45, 2.75) is 6.54 Å². The minimum atomic E-state index is -1.04. The number of rotatable bonds is 3. The van der Waals surface area contributed by atoms with Gasteiger partial charge >= 0.3 is 0 Å². The molecule has 4 nitrogen and oxygen atoms in total. The van der Waals surface area contributed by atoms with Crippen LogP contribution < -0.4 is 5.32 Å². The maximum atomic E-state index is 13.0. The highest BCUT2D eigenvalue weighted by atomic mass is 32.1. The molecule has 0 aliphatic heterocycles. The van der Waals surface area contributed by atoms with Gasteiger partial charge in [-0.25, -0.2) is 13.8 Å². The van der Waals surface area contributed by atoms with Crippen LogP contribution in [0.4, 0.5) is 8.78 Å². The molecule has 102 valence electrons. The van der Waals surface area contributed by atoms with Crippen LogP contribution in [0.5, 0.6) is 0 Å². The molecule has 0 unspecified atom stereocenters. The fourth-order valence-electron chi connectivity index (χ4n) is 1.77. The van der Waals surface area contributed by atoms with Gasteiger partial charge in [-0.3, -0.25) is 9.20 Å². The lowest BCUT2D eigenvalue weighted by molar-refractivity contribution is 0.0950. The van der Waals surface area contributed by atoms with Gasteiger partial charge in [0.25, 0.3) is 5.91 Å². The molecule has 0 bridgehead atoms. The number of hydrogen-bond donors (Lipinski definition) is 1. The van der Waals surface area contributed by atoms with E-state index in [4.69, 9.17) is 0 Å². The van der Waals surface area contributed by atoms with E-state index < -0.39 is 17.5 Å². The number of carbonyl (C=O) groups is 1. The second-order valence-electron chi connectivity index (χ2n) is 4.14. The maximum absolute atomic E-state index is 13.0. The Labute approximate surface area is 116 Å². The largest absolute Gasteiger partial charge is 0.346 e. The number of nitrogens with one attached hydrogen (secondary N) is 1. The number of amides is 1. The molecule has 2 aromatic heterocycles. The molecule has 7 heteroatoms. The number of hydrogen-bond acceptors (Lipinski definition) is 3. The van der Waals surface area contributed by atoms with E-state index in [1.807, 2.05) is 16.0 Å². The lowest BCUT2D eigenvalue weighted by Gasteiger charge is -2.03. The fraction of sp³-hybridized carbons (Fsp3) is 0.0769. The molecule has 0 saturated carbocycles. The Hall–Kier alpha value is -2.28. The summed E-state index contributed by atoms with van der Waals surface area (Å²) in [5.41, 5.74) is 0.776. The Kier molecular flexibility index (Phi) is 3.19. The van der Waals surface area contributed by atoms with Gasteiger partial charge in [0.2, 0.25) is 0 Å². The molecule has 0 aliphatic rings. The van der Waals surface area contributed by atoms with Gasteiger partial charge in [0.15, 0.2) is 16.6 Å². The number of imidazole rings is 1. The minimum absolute atomic E-state index is 0.0740. The Morgan fingerprint density at radius 2 is 2.20 bits per heavy atom. The number of carbonyl (C=O) groups excluding carboxylic acids is 1. The van der Waals surface area contributed by atoms with Crippen molar-refractivity contribution in [1.29, 1.82) is 0 Å². The molecule has 20 heavy (non-hydrogen) atoms. The van der Waals surface area contributed by atoms with Crippen LogP contribution in [0.25, 0.3) is 4.96 Å². The normalized spacial score (nSPS) is 10.9. The predicted molar refractivity (Wildman–Crippen MR) is 70.6 cm³/mol. The van der Waals surface area contributed by atoms with Crippen molar-refractivity contribution in [2.75, 3.05) is 0 Å². The van der Waals surface area contributed by atoms with Crippen LogP contribution in [0, 0.1) is 11.6 Å². The zero-order valence-electron chi connectivity index (χ0n) is 10.1. The number of benzene rings is 1. The molecule has 1 N–H and O–H groups in total. The highest BCUT2D eigenvalue weighted by Gasteiger charge is 2.10. The summed E-state index contributed by atoms with van der Waals surface area (Å²) in [7, 11) is 0. The average Bonchev–Trinajstić information content (AvgIpc) is 3.00. The monoisotopic (exact) mass is 293 g/mol. The summed E-state index contributed by atoms with van der Waals surface area (Å²) in [6.45, 7) is 0.228. The zero-order valence-corrected chi connectivity index (χ0v) is 11.0. The van der Waals surface area contributed by atoms with Crippen molar-refractivity contribution in [3.8, 4) is 0 Å². The molecule has 0 fully saturated rings. The second kappa shape index (κ2) is 5.01. The van der Waals surface area contributed by atoms with Gasteiger partial charge in [-0.15, -0.1) is 11.3 Å². The van der Waals surface area contributed by atoms with Crippen molar-refractivity contribution >= 4 is 22.2 Å². The Morgan fingerprint density at radius 1 is 1.35 bits per heavy atom. The van der Waals surface area contributed by atoms with Crippen LogP contribution in [0.2, 0.25) is 0 Å². The van der Waals surface area contributed by atoms with Gasteiger partial charge in [0.1, 0.15) is 0 Å². The molecule has 3 aromatic rings. The van der Waals surface area contributed by atoms with Gasteiger partial charge in [0.05, 0.1) is 12.2 Å². The number of fused-ring (bicyclic) bond motifs is 1. The summed E-state index contributed by atoms with van der Waals surface area (Å²) in [4.78, 5) is 16.9. The SMILES string of the molecule is O=C(NCc1cn2ccsc2n1)c1ccc(F)c(F)c1. The maximum Gasteiger partial charge on any atom is 0.251 e. The predicted octanol–water partition coefficient (Wildman–Crippen LogP) is 2.60. The number of thiazole rings is 1. The molecule has 1 aromatic carbocycles. The molecule has 0 aliphatic carbocycles. The van der Waals surface area contributed by atoms with Crippen molar-refractivity contribution < 1.29 is 13.6 Å². The first-order valence-corrected chi connectivity index (χ1v) is 6.66. The molecule has 0 spiro atoms. The summed E-state index contributed by atoms with van der Waals surface area (Å²) in [6.07, 6.45) is 3.67. The van der Waals surface area contributed by atoms with Crippen LogP contribution in [-0.2, 0) is 6.54 Å². The third-order valence-corrected chi connectivity index (χ3v) is 3.53. The molecular weight excluding hydrogens is 284 g/mol. The van der Waals surface area contributed by atoms with E-state index in [2.05, 4.69) is 10.3 Å². The Bertz CT molecular complexity index is 752. The molecule has 2 heterocycles. The van der Waals surface area contributed by atoms with Crippen LogP contribution in [0.3, 0.4) is 0 Å². The van der Waals surface area contributed by atoms with Gasteiger partial charge < -0.3 is 5.32 Å². The zero-order chi connectivity index (χ0) is 14.1. The van der Waals surface area contributed by atoms with E-state index in [1.165, 1.54) is 17.4 Å². The van der Waals surface area contributed by atoms with E-state index in [1.54, 1.807) is 6.20 Å². The van der Waals surface area contributed by atoms with E-state index in [0.717, 1.165) is 17.1 Å². The van der Waals surface area contributed by atoms with Crippen LogP contribution in [-0.4, -0.2) is 15.3 Å². The van der Waals surface area contributed by atoms with Crippen molar-refractivity contribution in [3.63, 3.8) is 0 Å². The Balaban J connectivity index is 1.69. The number of aromatic nitrogens is 2. The van der Waals surface area contributed by atoms with Gasteiger partial charge in [-0.05, 0) is 18.2 Å². The van der Waals surface area contributed by atoms with E-state index in [9.17, 15) is 13.6 Å². The average molecular weight is 293 g/mol. The first-order valence-electron chi connectivity index (χ1n) is 5.78. The Morgan fingerprint density at radius 3 is 2.95 bits per heavy atom. The highest BCUT2D eigenvalue weighted by molar-refractivity contribution is 7.15. The van der Waals surface area contributed by atoms with Gasteiger partial charge in [0, 0.05) is 23.3 Å². The fourth-order valence-corrected chi connectivity index (χ4v) is 2.49. The van der Waals surface area contributed by atoms with Crippen molar-refractivity contribution in [2.24, 2.45) is 0 Å². The third kappa shape index (κ3) is 2.39. The van der Waals surface area contributed by atoms with Crippen LogP contribution >= 0.6 is 11.3 Å². The summed E-state index contributed by atoms with van der Waals surface area (Å²) in [6, 6.07) is 3.03. The topological polar surface area (TPSA) is 46.4 Å². The summed E-state index contributed by atoms with van der Waals surface area (Å²) < 4.78 is 27.7. The second-order valence-corrected chi connectivity index (χ2v) is 5.01. The lowest BCUT2D eigenvalue weighted by atomic mass is 10.2. The van der Waals surface area contributed by atoms with E-state index in [0.29, 0.717) is 5.69 Å². The van der Waals surface area contributed by atoms with E-state index >= 15 is 0 Å². The first-order chi connectivity index (χ1) is 9.63. The molecule has 0 atom stereocenters. The smallest absolute Gasteiger partial charge is 0.251 e. The van der Waals surface area contributed by atoms with Crippen LogP contribution in [0.15, 0.2) is 36.0 Å². The molecule has 0 saturated heterocycles. The first kappa shape index (κ1) is 12.7. The minimum Gasteiger partial charge on any atom is -0.346 e. The number of nitrogens with zero attached hydrogens (tertiary/aromatic N) is 2. The van der Waals surface area contributed by atoms with Gasteiger partial charge in [-0.2, -0.15) is 0 Å². The summed E-state index contributed by atoms with van der Waals surface area (Å²) in [5.74, 6) is -2.49. The molecule has 3 rings (SSSR count). The third-order valence-electron chi connectivity index (χ3n) is 2.76. The van der Waals surface area contributed by atoms with Crippen molar-refractivity contribution in [3.05, 3.63) is 58.9 Å². The highest BCUT2D eigenvalue weighted by Crippen LogP contribution is 2.12. The number of halogens is 2. The van der Waals surface area contributed by atoms with E-state index in [-0.39, 0.29) is 12.1 Å².